The van der Waals surface area contributed by atoms with Crippen molar-refractivity contribution in [1.82, 2.24) is 0 Å². The van der Waals surface area contributed by atoms with Crippen LogP contribution in [0, 0.1) is 0 Å². The van der Waals surface area contributed by atoms with Crippen LogP contribution < -0.4 is 24.4 Å². The lowest BCUT2D eigenvalue weighted by molar-refractivity contribution is -0.118. The Morgan fingerprint density at radius 2 is 1.77 bits per heavy atom. The fourth-order valence-electron chi connectivity index (χ4n) is 3.23. The van der Waals surface area contributed by atoms with Crippen LogP contribution in [-0.4, -0.2) is 40.3 Å². The molecule has 6 nitrogen and oxygen atoms in total. The van der Waals surface area contributed by atoms with Crippen molar-refractivity contribution in [3.05, 3.63) is 42.0 Å². The minimum absolute atomic E-state index is 0.120. The second-order valence-corrected chi connectivity index (χ2v) is 6.01. The summed E-state index contributed by atoms with van der Waals surface area (Å²) in [5.74, 6) is 1.82. The molecule has 26 heavy (non-hydrogen) atoms. The van der Waals surface area contributed by atoms with Gasteiger partial charge in [-0.25, -0.2) is 0 Å². The standard InChI is InChI=1S/C20H24N2O4/c1-24-17-12-15(13-18(25-2)20(17)26-3)21-10-8-19(23)22-11-9-14-6-4-5-7-16(14)22/h4-7,12-13,21H,8-11H2,1-3H3. The van der Waals surface area contributed by atoms with E-state index in [1.54, 1.807) is 21.3 Å². The Hall–Kier alpha value is -2.89. The number of carbonyl (C=O) groups is 1. The van der Waals surface area contributed by atoms with Crippen molar-refractivity contribution in [2.45, 2.75) is 12.8 Å². The number of methoxy groups -OCH3 is 3. The van der Waals surface area contributed by atoms with Gasteiger partial charge in [-0.2, -0.15) is 0 Å². The normalized spacial score (nSPS) is 12.5. The predicted molar refractivity (Wildman–Crippen MR) is 102 cm³/mol. The zero-order valence-corrected chi connectivity index (χ0v) is 15.4. The summed E-state index contributed by atoms with van der Waals surface area (Å²) in [6.07, 6.45) is 1.33. The maximum atomic E-state index is 12.6. The zero-order valence-electron chi connectivity index (χ0n) is 15.4. The minimum atomic E-state index is 0.120. The molecule has 1 aliphatic rings. The molecule has 138 valence electrons. The first kappa shape index (κ1) is 17.9. The zero-order chi connectivity index (χ0) is 18.5. The third-order valence-electron chi connectivity index (χ3n) is 4.52. The number of nitrogens with one attached hydrogen (secondary N) is 1. The quantitative estimate of drug-likeness (QED) is 0.826. The van der Waals surface area contributed by atoms with Gasteiger partial charge in [0, 0.05) is 43.0 Å². The Morgan fingerprint density at radius 3 is 2.42 bits per heavy atom. The second-order valence-electron chi connectivity index (χ2n) is 6.01. The Morgan fingerprint density at radius 1 is 1.08 bits per heavy atom. The number of benzene rings is 2. The van der Waals surface area contributed by atoms with Crippen molar-refractivity contribution in [2.75, 3.05) is 44.6 Å². The summed E-state index contributed by atoms with van der Waals surface area (Å²) >= 11 is 0. The van der Waals surface area contributed by atoms with E-state index in [0.717, 1.165) is 24.3 Å². The molecule has 3 rings (SSSR count). The van der Waals surface area contributed by atoms with Crippen LogP contribution >= 0.6 is 0 Å². The second kappa shape index (κ2) is 7.99. The van der Waals surface area contributed by atoms with Gasteiger partial charge in [0.25, 0.3) is 0 Å². The topological polar surface area (TPSA) is 60.0 Å². The summed E-state index contributed by atoms with van der Waals surface area (Å²) in [5, 5.41) is 3.26. The number of amides is 1. The van der Waals surface area contributed by atoms with Crippen LogP contribution in [0.2, 0.25) is 0 Å². The first-order valence-electron chi connectivity index (χ1n) is 8.60. The highest BCUT2D eigenvalue weighted by Crippen LogP contribution is 2.39. The molecule has 0 aliphatic carbocycles. The molecule has 2 aromatic carbocycles. The van der Waals surface area contributed by atoms with E-state index >= 15 is 0 Å². The molecule has 1 amide bonds. The van der Waals surface area contributed by atoms with E-state index in [4.69, 9.17) is 14.2 Å². The molecule has 0 spiro atoms. The molecule has 0 atom stereocenters. The van der Waals surface area contributed by atoms with E-state index in [1.807, 2.05) is 35.2 Å². The monoisotopic (exact) mass is 356 g/mol. The number of hydrogen-bond donors (Lipinski definition) is 1. The van der Waals surface area contributed by atoms with Crippen molar-refractivity contribution in [2.24, 2.45) is 0 Å². The number of para-hydroxylation sites is 1. The summed E-state index contributed by atoms with van der Waals surface area (Å²) in [4.78, 5) is 14.4. The third kappa shape index (κ3) is 3.54. The van der Waals surface area contributed by atoms with E-state index in [2.05, 4.69) is 11.4 Å². The van der Waals surface area contributed by atoms with Gasteiger partial charge < -0.3 is 24.4 Å². The van der Waals surface area contributed by atoms with Crippen LogP contribution in [0.5, 0.6) is 17.2 Å². The van der Waals surface area contributed by atoms with Crippen molar-refractivity contribution in [3.8, 4) is 17.2 Å². The minimum Gasteiger partial charge on any atom is -0.493 e. The Balaban J connectivity index is 1.62. The smallest absolute Gasteiger partial charge is 0.228 e. The number of anilines is 2. The van der Waals surface area contributed by atoms with Crippen LogP contribution in [0.1, 0.15) is 12.0 Å². The SMILES string of the molecule is COc1cc(NCCC(=O)N2CCc3ccccc32)cc(OC)c1OC. The average molecular weight is 356 g/mol. The van der Waals surface area contributed by atoms with Crippen LogP contribution in [0.3, 0.4) is 0 Å². The van der Waals surface area contributed by atoms with Gasteiger partial charge in [0.1, 0.15) is 0 Å². The fraction of sp³-hybridized carbons (Fsp3) is 0.350. The van der Waals surface area contributed by atoms with Gasteiger partial charge in [-0.15, -0.1) is 0 Å². The molecule has 6 heteroatoms. The number of hydrogen-bond acceptors (Lipinski definition) is 5. The summed E-state index contributed by atoms with van der Waals surface area (Å²) in [5.41, 5.74) is 3.08. The highest BCUT2D eigenvalue weighted by atomic mass is 16.5. The molecule has 0 saturated carbocycles. The lowest BCUT2D eigenvalue weighted by Gasteiger charge is -2.18. The van der Waals surface area contributed by atoms with Crippen molar-refractivity contribution < 1.29 is 19.0 Å². The Bertz CT molecular complexity index is 766. The van der Waals surface area contributed by atoms with Crippen LogP contribution in [0.25, 0.3) is 0 Å². The van der Waals surface area contributed by atoms with Gasteiger partial charge >= 0.3 is 0 Å². The number of nitrogens with zero attached hydrogens (tertiary/aromatic N) is 1. The highest BCUT2D eigenvalue weighted by Gasteiger charge is 2.23. The lowest BCUT2D eigenvalue weighted by atomic mass is 10.2. The molecule has 0 bridgehead atoms. The maximum absolute atomic E-state index is 12.6. The summed E-state index contributed by atoms with van der Waals surface area (Å²) in [6, 6.07) is 11.7. The van der Waals surface area contributed by atoms with Gasteiger partial charge in [0.05, 0.1) is 21.3 Å². The number of carbonyl (C=O) groups excluding carboxylic acids is 1. The van der Waals surface area contributed by atoms with Crippen LogP contribution in [-0.2, 0) is 11.2 Å². The Kier molecular flexibility index (Phi) is 5.51. The molecule has 1 aliphatic heterocycles. The van der Waals surface area contributed by atoms with Crippen molar-refractivity contribution >= 4 is 17.3 Å². The van der Waals surface area contributed by atoms with E-state index in [0.29, 0.717) is 30.2 Å². The van der Waals surface area contributed by atoms with E-state index in [1.165, 1.54) is 5.56 Å². The van der Waals surface area contributed by atoms with Crippen LogP contribution in [0.4, 0.5) is 11.4 Å². The summed E-state index contributed by atoms with van der Waals surface area (Å²) < 4.78 is 16.0. The molecule has 1 heterocycles. The largest absolute Gasteiger partial charge is 0.493 e. The van der Waals surface area contributed by atoms with Crippen LogP contribution in [0.15, 0.2) is 36.4 Å². The maximum Gasteiger partial charge on any atom is 0.228 e. The first-order valence-corrected chi connectivity index (χ1v) is 8.60. The lowest BCUT2D eigenvalue weighted by Crippen LogP contribution is -2.30. The van der Waals surface area contributed by atoms with Gasteiger partial charge in [0.2, 0.25) is 11.7 Å². The number of ether oxygens (including phenoxy) is 3. The van der Waals surface area contributed by atoms with Gasteiger partial charge in [-0.1, -0.05) is 18.2 Å². The third-order valence-corrected chi connectivity index (χ3v) is 4.52. The van der Waals surface area contributed by atoms with Gasteiger partial charge in [0.15, 0.2) is 11.5 Å². The molecular formula is C20H24N2O4. The average Bonchev–Trinajstić information content (AvgIpc) is 3.11. The molecular weight excluding hydrogens is 332 g/mol. The Labute approximate surface area is 153 Å². The molecule has 0 fully saturated rings. The van der Waals surface area contributed by atoms with Gasteiger partial charge in [-0.05, 0) is 18.1 Å². The summed E-state index contributed by atoms with van der Waals surface area (Å²) in [6.45, 7) is 1.28. The number of rotatable bonds is 7. The molecule has 1 N–H and O–H groups in total. The van der Waals surface area contributed by atoms with Crippen molar-refractivity contribution in [1.29, 1.82) is 0 Å². The molecule has 0 unspecified atom stereocenters. The first-order chi connectivity index (χ1) is 12.7. The summed E-state index contributed by atoms with van der Waals surface area (Å²) in [7, 11) is 4.73. The van der Waals surface area contributed by atoms with Gasteiger partial charge in [-0.3, -0.25) is 4.79 Å². The molecule has 0 saturated heterocycles. The fourth-order valence-corrected chi connectivity index (χ4v) is 3.23. The molecule has 0 radical (unpaired) electrons. The van der Waals surface area contributed by atoms with E-state index in [9.17, 15) is 4.79 Å². The predicted octanol–water partition coefficient (Wildman–Crippen LogP) is 3.10. The number of fused-ring (bicyclic) bond motifs is 1. The van der Waals surface area contributed by atoms with E-state index < -0.39 is 0 Å². The molecule has 0 aromatic heterocycles. The van der Waals surface area contributed by atoms with Crippen molar-refractivity contribution in [3.63, 3.8) is 0 Å². The highest BCUT2D eigenvalue weighted by molar-refractivity contribution is 5.95. The van der Waals surface area contributed by atoms with E-state index in [-0.39, 0.29) is 5.91 Å². The molecule has 2 aromatic rings.